The molecule has 3 aliphatic carbocycles. The van der Waals surface area contributed by atoms with Gasteiger partial charge in [-0.15, -0.1) is 0 Å². The molecule has 2 fully saturated rings. The van der Waals surface area contributed by atoms with Crippen LogP contribution in [0.25, 0.3) is 16.8 Å². The Labute approximate surface area is 190 Å². The van der Waals surface area contributed by atoms with Crippen molar-refractivity contribution in [2.75, 3.05) is 0 Å². The standard InChI is InChI=1S/C30H32O2/c1-29-16-14-26-25-12-10-23(31)19-22(25)9-11-27(26)28(29)15-18-30(29,32)17-13-21-7-4-6-20-5-2-3-8-24(20)21/h2-8,10,12-13,17,19,26-28,31-32H,9,11,14-16,18H2,1H3/b17-13+/t26?,27?,28?,29?,30-/m0/s1. The fourth-order valence-electron chi connectivity index (χ4n) is 7.52. The first-order valence-corrected chi connectivity index (χ1v) is 12.2. The first-order chi connectivity index (χ1) is 15.5. The number of aryl methyl sites for hydroxylation is 1. The van der Waals surface area contributed by atoms with E-state index in [2.05, 4.69) is 67.6 Å². The van der Waals surface area contributed by atoms with Crippen molar-refractivity contribution in [2.24, 2.45) is 17.3 Å². The highest BCUT2D eigenvalue weighted by Gasteiger charge is 2.60. The quantitative estimate of drug-likeness (QED) is 0.472. The molecule has 2 nitrogen and oxygen atoms in total. The van der Waals surface area contributed by atoms with Gasteiger partial charge in [0.25, 0.3) is 0 Å². The van der Waals surface area contributed by atoms with Crippen LogP contribution in [-0.4, -0.2) is 15.8 Å². The van der Waals surface area contributed by atoms with Gasteiger partial charge in [-0.3, -0.25) is 0 Å². The van der Waals surface area contributed by atoms with E-state index in [0.717, 1.165) is 32.1 Å². The predicted octanol–water partition coefficient (Wildman–Crippen LogP) is 6.85. The van der Waals surface area contributed by atoms with Crippen LogP contribution in [0, 0.1) is 17.3 Å². The third-order valence-electron chi connectivity index (χ3n) is 9.29. The number of fused-ring (bicyclic) bond motifs is 6. The number of aliphatic hydroxyl groups is 1. The highest BCUT2D eigenvalue weighted by atomic mass is 16.3. The van der Waals surface area contributed by atoms with Crippen LogP contribution >= 0.6 is 0 Å². The van der Waals surface area contributed by atoms with E-state index in [-0.39, 0.29) is 5.41 Å². The second-order valence-corrected chi connectivity index (χ2v) is 10.6. The predicted molar refractivity (Wildman–Crippen MR) is 131 cm³/mol. The zero-order chi connectivity index (χ0) is 21.9. The SMILES string of the molecule is CC12CCC3c4ccc(O)cc4CCC3C1CC[C@@]2(O)/C=C/c1cccc2ccccc12. The summed E-state index contributed by atoms with van der Waals surface area (Å²) >= 11 is 0. The van der Waals surface area contributed by atoms with Gasteiger partial charge in [0.05, 0.1) is 5.60 Å². The number of aromatic hydroxyl groups is 1. The van der Waals surface area contributed by atoms with Crippen molar-refractivity contribution in [3.05, 3.63) is 83.4 Å². The number of phenols is 1. The lowest BCUT2D eigenvalue weighted by molar-refractivity contribution is -0.0705. The Morgan fingerprint density at radius 2 is 1.78 bits per heavy atom. The van der Waals surface area contributed by atoms with Gasteiger partial charge in [-0.1, -0.05) is 67.6 Å². The Morgan fingerprint density at radius 3 is 2.69 bits per heavy atom. The molecule has 3 aliphatic rings. The van der Waals surface area contributed by atoms with Crippen LogP contribution in [0.3, 0.4) is 0 Å². The Hall–Kier alpha value is -2.58. The molecule has 164 valence electrons. The topological polar surface area (TPSA) is 40.5 Å². The molecule has 0 saturated heterocycles. The first-order valence-electron chi connectivity index (χ1n) is 12.2. The highest BCUT2D eigenvalue weighted by Crippen LogP contribution is 2.64. The molecule has 32 heavy (non-hydrogen) atoms. The molecule has 4 unspecified atom stereocenters. The summed E-state index contributed by atoms with van der Waals surface area (Å²) in [4.78, 5) is 0. The maximum Gasteiger partial charge on any atom is 0.115 e. The third kappa shape index (κ3) is 2.89. The maximum atomic E-state index is 12.0. The molecule has 2 N–H and O–H groups in total. The summed E-state index contributed by atoms with van der Waals surface area (Å²) in [5.41, 5.74) is 3.13. The number of hydrogen-bond donors (Lipinski definition) is 2. The molecule has 3 aromatic rings. The summed E-state index contributed by atoms with van der Waals surface area (Å²) in [5.74, 6) is 2.13. The van der Waals surface area contributed by atoms with Gasteiger partial charge < -0.3 is 10.2 Å². The number of rotatable bonds is 2. The zero-order valence-corrected chi connectivity index (χ0v) is 18.8. The van der Waals surface area contributed by atoms with E-state index in [0.29, 0.717) is 23.5 Å². The van der Waals surface area contributed by atoms with E-state index in [9.17, 15) is 10.2 Å². The van der Waals surface area contributed by atoms with Crippen molar-refractivity contribution in [1.82, 2.24) is 0 Å². The van der Waals surface area contributed by atoms with Crippen LogP contribution in [0.15, 0.2) is 66.7 Å². The smallest absolute Gasteiger partial charge is 0.115 e. The molecule has 0 aromatic heterocycles. The Morgan fingerprint density at radius 1 is 0.938 bits per heavy atom. The molecule has 6 rings (SSSR count). The van der Waals surface area contributed by atoms with E-state index in [1.165, 1.54) is 33.9 Å². The van der Waals surface area contributed by atoms with Gasteiger partial charge in [-0.05, 0) is 95.9 Å². The van der Waals surface area contributed by atoms with Gasteiger partial charge in [0.15, 0.2) is 0 Å². The molecule has 0 spiro atoms. The molecule has 2 heteroatoms. The van der Waals surface area contributed by atoms with Crippen LogP contribution in [0.2, 0.25) is 0 Å². The normalized spacial score (nSPS) is 33.8. The maximum absolute atomic E-state index is 12.0. The summed E-state index contributed by atoms with van der Waals surface area (Å²) in [6.45, 7) is 2.35. The molecule has 0 heterocycles. The monoisotopic (exact) mass is 424 g/mol. The van der Waals surface area contributed by atoms with Crippen LogP contribution in [0.1, 0.15) is 61.6 Å². The molecule has 0 aliphatic heterocycles. The largest absolute Gasteiger partial charge is 0.508 e. The number of phenolic OH excluding ortho intramolecular Hbond substituents is 1. The number of benzene rings is 3. The minimum Gasteiger partial charge on any atom is -0.508 e. The Kier molecular flexibility index (Phi) is 4.52. The fraction of sp³-hybridized carbons (Fsp3) is 0.400. The summed E-state index contributed by atoms with van der Waals surface area (Å²) in [6.07, 6.45) is 10.6. The molecule has 0 amide bonds. The lowest BCUT2D eigenvalue weighted by Gasteiger charge is -2.52. The van der Waals surface area contributed by atoms with Crippen molar-refractivity contribution in [3.8, 4) is 5.75 Å². The van der Waals surface area contributed by atoms with Gasteiger partial charge in [-0.25, -0.2) is 0 Å². The van der Waals surface area contributed by atoms with Gasteiger partial charge in [0.2, 0.25) is 0 Å². The summed E-state index contributed by atoms with van der Waals surface area (Å²) < 4.78 is 0. The van der Waals surface area contributed by atoms with Crippen molar-refractivity contribution in [2.45, 2.75) is 57.0 Å². The van der Waals surface area contributed by atoms with Gasteiger partial charge in [0.1, 0.15) is 5.75 Å². The lowest BCUT2D eigenvalue weighted by Crippen LogP contribution is -2.49. The van der Waals surface area contributed by atoms with E-state index >= 15 is 0 Å². The zero-order valence-electron chi connectivity index (χ0n) is 18.8. The Balaban J connectivity index is 1.32. The fourth-order valence-corrected chi connectivity index (χ4v) is 7.52. The molecule has 0 radical (unpaired) electrons. The van der Waals surface area contributed by atoms with E-state index in [1.807, 2.05) is 12.1 Å². The highest BCUT2D eigenvalue weighted by molar-refractivity contribution is 5.90. The van der Waals surface area contributed by atoms with Gasteiger partial charge in [0, 0.05) is 5.41 Å². The van der Waals surface area contributed by atoms with Crippen molar-refractivity contribution in [3.63, 3.8) is 0 Å². The average molecular weight is 425 g/mol. The van der Waals surface area contributed by atoms with Gasteiger partial charge >= 0.3 is 0 Å². The van der Waals surface area contributed by atoms with E-state index in [1.54, 1.807) is 0 Å². The minimum absolute atomic E-state index is 0.0797. The molecule has 2 saturated carbocycles. The minimum atomic E-state index is -0.755. The molecule has 5 atom stereocenters. The number of hydrogen-bond acceptors (Lipinski definition) is 2. The summed E-state index contributed by atoms with van der Waals surface area (Å²) in [6, 6.07) is 20.9. The van der Waals surface area contributed by atoms with Crippen molar-refractivity contribution in [1.29, 1.82) is 0 Å². The second kappa shape index (κ2) is 7.22. The van der Waals surface area contributed by atoms with Crippen LogP contribution in [-0.2, 0) is 6.42 Å². The first kappa shape index (κ1) is 20.1. The average Bonchev–Trinajstić information content (AvgIpc) is 3.08. The second-order valence-electron chi connectivity index (χ2n) is 10.6. The third-order valence-corrected chi connectivity index (χ3v) is 9.29. The van der Waals surface area contributed by atoms with E-state index in [4.69, 9.17) is 0 Å². The summed E-state index contributed by atoms with van der Waals surface area (Å²) in [5, 5.41) is 24.4. The Bertz CT molecular complexity index is 1210. The molecule has 0 bridgehead atoms. The van der Waals surface area contributed by atoms with E-state index < -0.39 is 5.60 Å². The van der Waals surface area contributed by atoms with Crippen LogP contribution < -0.4 is 0 Å². The van der Waals surface area contributed by atoms with Gasteiger partial charge in [-0.2, -0.15) is 0 Å². The lowest BCUT2D eigenvalue weighted by atomic mass is 9.53. The molecular formula is C30H32O2. The molecular weight excluding hydrogens is 392 g/mol. The van der Waals surface area contributed by atoms with Crippen molar-refractivity contribution < 1.29 is 10.2 Å². The summed E-state index contributed by atoms with van der Waals surface area (Å²) in [7, 11) is 0. The molecule has 3 aromatic carbocycles. The van der Waals surface area contributed by atoms with Crippen LogP contribution in [0.4, 0.5) is 0 Å². The van der Waals surface area contributed by atoms with Crippen LogP contribution in [0.5, 0.6) is 5.75 Å². The van der Waals surface area contributed by atoms with Crippen molar-refractivity contribution >= 4 is 16.8 Å².